The highest BCUT2D eigenvalue weighted by molar-refractivity contribution is 5.77. The third-order valence-electron chi connectivity index (χ3n) is 5.96. The molecule has 13 heteroatoms. The van der Waals surface area contributed by atoms with Crippen LogP contribution in [0.5, 0.6) is 5.75 Å². The number of halogens is 3. The molecule has 0 aromatic carbocycles. The number of aromatic nitrogens is 3. The first-order valence-electron chi connectivity index (χ1n) is 11.1. The fraction of sp³-hybridized carbons (Fsp3) is 0.500. The molecule has 10 nitrogen and oxygen atoms in total. The van der Waals surface area contributed by atoms with E-state index in [0.717, 1.165) is 12.0 Å². The second-order valence-electron chi connectivity index (χ2n) is 8.29. The van der Waals surface area contributed by atoms with Crippen LogP contribution in [0.1, 0.15) is 30.4 Å². The third kappa shape index (κ3) is 5.89. The number of ether oxygens (including phenoxy) is 2. The average molecular weight is 492 g/mol. The number of rotatable bonds is 6. The molecule has 1 N–H and O–H groups in total. The summed E-state index contributed by atoms with van der Waals surface area (Å²) in [5, 5.41) is 14.0. The molecule has 1 unspecified atom stereocenters. The number of nitrogens with zero attached hydrogens (tertiary/aromatic N) is 5. The molecular weight excluding hydrogens is 469 g/mol. The normalized spacial score (nSPS) is 20.5. The van der Waals surface area contributed by atoms with Crippen LogP contribution >= 0.6 is 0 Å². The summed E-state index contributed by atoms with van der Waals surface area (Å²) in [6.07, 6.45) is -2.12. The van der Waals surface area contributed by atoms with Crippen LogP contribution in [0.2, 0.25) is 0 Å². The summed E-state index contributed by atoms with van der Waals surface area (Å²) >= 11 is 0. The molecule has 2 fully saturated rings. The molecule has 2 aromatic heterocycles. The molecule has 35 heavy (non-hydrogen) atoms. The van der Waals surface area contributed by atoms with Gasteiger partial charge in [0.25, 0.3) is 5.56 Å². The lowest BCUT2D eigenvalue weighted by Crippen LogP contribution is -2.49. The lowest BCUT2D eigenvalue weighted by Gasteiger charge is -2.35. The van der Waals surface area contributed by atoms with Crippen molar-refractivity contribution in [1.29, 1.82) is 5.26 Å². The van der Waals surface area contributed by atoms with E-state index in [1.807, 2.05) is 11.0 Å². The number of aromatic amines is 1. The SMILES string of the molecule is N#Cc1ccc(N2CCN(C(=O)C[C@H]3CCC(COc4cn[nH]c(=O)c4C(F)(F)F)O3)CC2)nc1. The number of alkyl halides is 3. The van der Waals surface area contributed by atoms with E-state index in [1.165, 1.54) is 6.20 Å². The quantitative estimate of drug-likeness (QED) is 0.647. The van der Waals surface area contributed by atoms with Gasteiger partial charge in [-0.3, -0.25) is 9.59 Å². The van der Waals surface area contributed by atoms with Gasteiger partial charge in [0, 0.05) is 32.4 Å². The number of nitrogens with one attached hydrogen (secondary N) is 1. The van der Waals surface area contributed by atoms with Crippen molar-refractivity contribution in [2.45, 2.75) is 37.6 Å². The van der Waals surface area contributed by atoms with Gasteiger partial charge in [0.05, 0.1) is 30.4 Å². The molecule has 2 aliphatic rings. The number of hydrogen-bond donors (Lipinski definition) is 1. The highest BCUT2D eigenvalue weighted by atomic mass is 19.4. The molecule has 1 amide bonds. The molecule has 2 aromatic rings. The maximum Gasteiger partial charge on any atom is 0.425 e. The van der Waals surface area contributed by atoms with E-state index >= 15 is 0 Å². The van der Waals surface area contributed by atoms with Crippen molar-refractivity contribution in [1.82, 2.24) is 20.1 Å². The van der Waals surface area contributed by atoms with Crippen molar-refractivity contribution in [2.24, 2.45) is 0 Å². The number of pyridine rings is 1. The molecule has 0 saturated carbocycles. The number of H-pyrrole nitrogens is 1. The molecule has 0 aliphatic carbocycles. The number of nitriles is 1. The van der Waals surface area contributed by atoms with Gasteiger partial charge >= 0.3 is 6.18 Å². The third-order valence-corrected chi connectivity index (χ3v) is 5.96. The van der Waals surface area contributed by atoms with Crippen LogP contribution < -0.4 is 15.2 Å². The van der Waals surface area contributed by atoms with Crippen LogP contribution in [-0.4, -0.2) is 71.0 Å². The van der Waals surface area contributed by atoms with Crippen molar-refractivity contribution < 1.29 is 27.4 Å². The Morgan fingerprint density at radius 3 is 2.60 bits per heavy atom. The summed E-state index contributed by atoms with van der Waals surface area (Å²) < 4.78 is 50.4. The average Bonchev–Trinajstić information content (AvgIpc) is 3.29. The fourth-order valence-corrected chi connectivity index (χ4v) is 4.14. The number of piperazine rings is 1. The molecule has 186 valence electrons. The molecule has 4 heterocycles. The molecule has 2 aliphatic heterocycles. The zero-order valence-corrected chi connectivity index (χ0v) is 18.6. The van der Waals surface area contributed by atoms with E-state index in [2.05, 4.69) is 10.1 Å². The van der Waals surface area contributed by atoms with E-state index in [9.17, 15) is 22.8 Å². The van der Waals surface area contributed by atoms with Crippen LogP contribution in [0.15, 0.2) is 29.3 Å². The Hall–Kier alpha value is -3.66. The summed E-state index contributed by atoms with van der Waals surface area (Å²) in [5.74, 6) is 0.0449. The van der Waals surface area contributed by atoms with Gasteiger partial charge in [-0.25, -0.2) is 10.1 Å². The van der Waals surface area contributed by atoms with Gasteiger partial charge in [-0.15, -0.1) is 0 Å². The van der Waals surface area contributed by atoms with Gasteiger partial charge in [0.2, 0.25) is 5.91 Å². The van der Waals surface area contributed by atoms with Crippen LogP contribution in [0.25, 0.3) is 0 Å². The van der Waals surface area contributed by atoms with Crippen molar-refractivity contribution in [2.75, 3.05) is 37.7 Å². The topological polar surface area (TPSA) is 124 Å². The summed E-state index contributed by atoms with van der Waals surface area (Å²) in [7, 11) is 0. The Kier molecular flexibility index (Phi) is 7.20. The van der Waals surface area contributed by atoms with Crippen LogP contribution in [0.3, 0.4) is 0 Å². The van der Waals surface area contributed by atoms with Crippen molar-refractivity contribution in [3.8, 4) is 11.8 Å². The van der Waals surface area contributed by atoms with Crippen molar-refractivity contribution in [3.63, 3.8) is 0 Å². The minimum atomic E-state index is -4.88. The maximum atomic E-state index is 13.1. The van der Waals surface area contributed by atoms with E-state index in [-0.39, 0.29) is 25.0 Å². The summed E-state index contributed by atoms with van der Waals surface area (Å²) in [5.41, 5.74) is -2.33. The van der Waals surface area contributed by atoms with Crippen molar-refractivity contribution >= 4 is 11.7 Å². The predicted octanol–water partition coefficient (Wildman–Crippen LogP) is 1.72. The zero-order valence-electron chi connectivity index (χ0n) is 18.6. The number of carbonyl (C=O) groups excluding carboxylic acids is 1. The van der Waals surface area contributed by atoms with E-state index in [1.54, 1.807) is 22.1 Å². The Bertz CT molecular complexity index is 1140. The first-order valence-corrected chi connectivity index (χ1v) is 11.1. The summed E-state index contributed by atoms with van der Waals surface area (Å²) in [6, 6.07) is 5.51. The fourth-order valence-electron chi connectivity index (χ4n) is 4.14. The Labute approximate surface area is 198 Å². The van der Waals surface area contributed by atoms with Crippen LogP contribution in [0.4, 0.5) is 19.0 Å². The van der Waals surface area contributed by atoms with Gasteiger partial charge in [-0.05, 0) is 25.0 Å². The molecule has 4 rings (SSSR count). The first kappa shape index (κ1) is 24.5. The molecule has 0 radical (unpaired) electrons. The maximum absolute atomic E-state index is 13.1. The van der Waals surface area contributed by atoms with E-state index in [0.29, 0.717) is 44.6 Å². The van der Waals surface area contributed by atoms with Crippen LogP contribution in [0, 0.1) is 11.3 Å². The lowest BCUT2D eigenvalue weighted by atomic mass is 10.1. The number of amides is 1. The summed E-state index contributed by atoms with van der Waals surface area (Å²) in [4.78, 5) is 32.3. The smallest absolute Gasteiger partial charge is 0.425 e. The van der Waals surface area contributed by atoms with Gasteiger partial charge < -0.3 is 19.3 Å². The highest BCUT2D eigenvalue weighted by Crippen LogP contribution is 2.33. The minimum Gasteiger partial charge on any atom is -0.488 e. The van der Waals surface area contributed by atoms with Crippen LogP contribution in [-0.2, 0) is 15.7 Å². The monoisotopic (exact) mass is 492 g/mol. The first-order chi connectivity index (χ1) is 16.7. The van der Waals surface area contributed by atoms with E-state index in [4.69, 9.17) is 14.7 Å². The number of anilines is 1. The Morgan fingerprint density at radius 1 is 1.20 bits per heavy atom. The Balaban J connectivity index is 1.23. The lowest BCUT2D eigenvalue weighted by molar-refractivity contribution is -0.141. The van der Waals surface area contributed by atoms with Gasteiger partial charge in [-0.2, -0.15) is 23.5 Å². The predicted molar refractivity (Wildman–Crippen MR) is 116 cm³/mol. The second kappa shape index (κ2) is 10.3. The molecular formula is C22H23F3N6O4. The van der Waals surface area contributed by atoms with Gasteiger partial charge in [-0.1, -0.05) is 0 Å². The minimum absolute atomic E-state index is 0.0536. The molecule has 0 spiro atoms. The second-order valence-corrected chi connectivity index (χ2v) is 8.29. The number of carbonyl (C=O) groups is 1. The molecule has 2 atom stereocenters. The zero-order chi connectivity index (χ0) is 25.0. The largest absolute Gasteiger partial charge is 0.488 e. The molecule has 2 saturated heterocycles. The standard InChI is InChI=1S/C22H23F3N6O4/c23-22(24,25)20-17(12-28-29-21(20)33)34-13-16-3-2-15(35-16)9-19(32)31-7-5-30(6-8-31)18-4-1-14(10-26)11-27-18/h1,4,11-12,15-16H,2-3,5-9,13H2,(H,29,33)/t15-,16?/m1/s1. The van der Waals surface area contributed by atoms with Crippen molar-refractivity contribution in [3.05, 3.63) is 46.0 Å². The molecule has 0 bridgehead atoms. The van der Waals surface area contributed by atoms with Gasteiger partial charge in [0.15, 0.2) is 11.3 Å². The Morgan fingerprint density at radius 2 is 1.94 bits per heavy atom. The highest BCUT2D eigenvalue weighted by Gasteiger charge is 2.39. The van der Waals surface area contributed by atoms with Gasteiger partial charge in [0.1, 0.15) is 18.5 Å². The summed E-state index contributed by atoms with van der Waals surface area (Å²) in [6.45, 7) is 2.08. The number of hydrogen-bond acceptors (Lipinski definition) is 8. The van der Waals surface area contributed by atoms with E-state index < -0.39 is 29.2 Å².